The molecule has 0 fully saturated rings. The van der Waals surface area contributed by atoms with Crippen LogP contribution in [0.25, 0.3) is 0 Å². The number of halogens is 1. The molecule has 0 spiro atoms. The summed E-state index contributed by atoms with van der Waals surface area (Å²) in [4.78, 5) is 25.5. The summed E-state index contributed by atoms with van der Waals surface area (Å²) in [5.74, 6) is 0.205. The number of carbonyl (C=O) groups excluding carboxylic acids is 2. The van der Waals surface area contributed by atoms with Crippen molar-refractivity contribution in [3.05, 3.63) is 0 Å². The number of carbonyl (C=O) groups is 2. The van der Waals surface area contributed by atoms with Gasteiger partial charge in [-0.3, -0.25) is 0 Å². The van der Waals surface area contributed by atoms with Gasteiger partial charge in [0.2, 0.25) is 0 Å². The molecule has 0 bridgehead atoms. The van der Waals surface area contributed by atoms with Gasteiger partial charge in [0.1, 0.15) is 0 Å². The van der Waals surface area contributed by atoms with Crippen LogP contribution in [0.15, 0.2) is 0 Å². The Morgan fingerprint density at radius 2 is 0.500 bits per heavy atom. The van der Waals surface area contributed by atoms with Crippen LogP contribution in [0.4, 0.5) is 0 Å². The molecule has 3 nitrogen and oxygen atoms in total. The smallest absolute Gasteiger partial charge is 0.320 e. The van der Waals surface area contributed by atoms with E-state index in [0.717, 1.165) is 25.7 Å². The van der Waals surface area contributed by atoms with E-state index in [1.54, 1.807) is 14.1 Å². The predicted molar refractivity (Wildman–Crippen MR) is 181 cm³/mol. The fourth-order valence-electron chi connectivity index (χ4n) is 5.99. The van der Waals surface area contributed by atoms with Crippen molar-refractivity contribution in [3.63, 3.8) is 0 Å². The molecule has 0 unspecified atom stereocenters. The Labute approximate surface area is 275 Å². The highest BCUT2D eigenvalue weighted by Crippen LogP contribution is 2.17. The van der Waals surface area contributed by atoms with Gasteiger partial charge in [-0.05, 0) is 12.8 Å². The minimum absolute atomic E-state index is 0. The molecule has 0 N–H and O–H groups in total. The Hall–Kier alpha value is -0.220. The van der Waals surface area contributed by atoms with Gasteiger partial charge in [-0.1, -0.05) is 194 Å². The van der Waals surface area contributed by atoms with Gasteiger partial charge in [0.05, 0.1) is 26.9 Å². The summed E-state index contributed by atoms with van der Waals surface area (Å²) in [6.45, 7) is 4.57. The first-order valence-electron chi connectivity index (χ1n) is 18.9. The van der Waals surface area contributed by atoms with Gasteiger partial charge < -0.3 is 17.0 Å². The van der Waals surface area contributed by atoms with Crippen LogP contribution in [0.2, 0.25) is 0 Å². The summed E-state index contributed by atoms with van der Waals surface area (Å²) in [5.41, 5.74) is 0. The minimum Gasteiger partial charge on any atom is -1.00 e. The van der Waals surface area contributed by atoms with Crippen LogP contribution >= 0.6 is 0 Å². The van der Waals surface area contributed by atoms with Crippen molar-refractivity contribution in [1.82, 2.24) is 0 Å². The number of unbranched alkanes of at least 4 members (excludes halogenated alkanes) is 28. The average Bonchev–Trinajstić information content (AvgIpc) is 2.96. The third-order valence-electron chi connectivity index (χ3n) is 9.24. The van der Waals surface area contributed by atoms with Crippen molar-refractivity contribution >= 4 is 11.8 Å². The SMILES string of the molecule is CCCCCCCCCCCCCCCCCC(=O)[N+](C)(C)C(=O)CCCCCCCCCCCCCCCCC.[Br-]. The molecule has 0 aromatic heterocycles. The van der Waals surface area contributed by atoms with Crippen molar-refractivity contribution in [2.24, 2.45) is 0 Å². The van der Waals surface area contributed by atoms with E-state index in [1.165, 1.54) is 167 Å². The zero-order valence-electron chi connectivity index (χ0n) is 29.3. The molecule has 42 heavy (non-hydrogen) atoms. The quantitative estimate of drug-likeness (QED) is 0.0533. The van der Waals surface area contributed by atoms with Crippen molar-refractivity contribution in [1.29, 1.82) is 0 Å². The first-order valence-corrected chi connectivity index (χ1v) is 18.9. The highest BCUT2D eigenvalue weighted by Gasteiger charge is 2.33. The van der Waals surface area contributed by atoms with Gasteiger partial charge in [-0.15, -0.1) is 0 Å². The van der Waals surface area contributed by atoms with E-state index in [-0.39, 0.29) is 33.3 Å². The van der Waals surface area contributed by atoms with Crippen molar-refractivity contribution in [2.75, 3.05) is 14.1 Å². The summed E-state index contributed by atoms with van der Waals surface area (Å²) < 4.78 is -0.0583. The highest BCUT2D eigenvalue weighted by molar-refractivity contribution is 5.84. The van der Waals surface area contributed by atoms with Crippen LogP contribution < -0.4 is 17.0 Å². The molecule has 0 aromatic carbocycles. The van der Waals surface area contributed by atoms with Gasteiger partial charge in [0.25, 0.3) is 0 Å². The van der Waals surface area contributed by atoms with Crippen LogP contribution in [-0.4, -0.2) is 30.4 Å². The van der Waals surface area contributed by atoms with E-state index < -0.39 is 0 Å². The molecule has 4 heteroatoms. The van der Waals surface area contributed by atoms with Gasteiger partial charge >= 0.3 is 11.8 Å². The van der Waals surface area contributed by atoms with E-state index in [9.17, 15) is 9.59 Å². The van der Waals surface area contributed by atoms with Crippen LogP contribution in [-0.2, 0) is 9.59 Å². The van der Waals surface area contributed by atoms with Crippen LogP contribution in [0.1, 0.15) is 219 Å². The zero-order valence-corrected chi connectivity index (χ0v) is 30.9. The average molecular weight is 659 g/mol. The first-order chi connectivity index (χ1) is 20.0. The summed E-state index contributed by atoms with van der Waals surface area (Å²) in [6, 6.07) is 0. The standard InChI is InChI=1S/C38H76NO2.BrH/c1-5-7-9-11-13-15-17-19-21-23-25-27-29-31-33-35-37(40)39(3,4)38(41)36-34-32-30-28-26-24-22-20-18-16-14-12-10-8-6-2;/h5-36H2,1-4H3;1H/q+1;/p-1. The Morgan fingerprint density at radius 3 is 0.690 bits per heavy atom. The lowest BCUT2D eigenvalue weighted by Gasteiger charge is -2.24. The number of amides is 2. The molecule has 0 saturated carbocycles. The van der Waals surface area contributed by atoms with Gasteiger partial charge in [0, 0.05) is 0 Å². The number of hydrogen-bond donors (Lipinski definition) is 0. The fourth-order valence-corrected chi connectivity index (χ4v) is 5.99. The Balaban J connectivity index is 0. The summed E-state index contributed by atoms with van der Waals surface area (Å²) >= 11 is 0. The maximum atomic E-state index is 12.8. The molecule has 0 radical (unpaired) electrons. The third kappa shape index (κ3) is 28.5. The maximum absolute atomic E-state index is 12.8. The lowest BCUT2D eigenvalue weighted by molar-refractivity contribution is -0.736. The second-order valence-corrected chi connectivity index (χ2v) is 13.6. The molecule has 0 rings (SSSR count). The molecule has 0 saturated heterocycles. The molecule has 252 valence electrons. The van der Waals surface area contributed by atoms with Crippen LogP contribution in [0.5, 0.6) is 0 Å². The number of nitrogens with zero attached hydrogens (tertiary/aromatic N) is 1. The maximum Gasteiger partial charge on any atom is 0.320 e. The molecular formula is C38H76BrNO2. The first kappa shape index (κ1) is 43.9. The summed E-state index contributed by atoms with van der Waals surface area (Å²) in [5, 5.41) is 0. The lowest BCUT2D eigenvalue weighted by Crippen LogP contribution is -3.00. The van der Waals surface area contributed by atoms with E-state index in [1.807, 2.05) is 0 Å². The second kappa shape index (κ2) is 33.7. The van der Waals surface area contributed by atoms with Gasteiger partial charge in [-0.2, -0.15) is 0 Å². The highest BCUT2D eigenvalue weighted by atomic mass is 79.9. The van der Waals surface area contributed by atoms with E-state index in [0.29, 0.717) is 12.8 Å². The molecule has 0 aromatic rings. The third-order valence-corrected chi connectivity index (χ3v) is 9.24. The molecule has 0 aliphatic carbocycles. The molecule has 0 aliphatic heterocycles. The normalized spacial score (nSPS) is 11.5. The van der Waals surface area contributed by atoms with Crippen LogP contribution in [0.3, 0.4) is 0 Å². The zero-order chi connectivity index (χ0) is 30.3. The Morgan fingerprint density at radius 1 is 0.333 bits per heavy atom. The van der Waals surface area contributed by atoms with E-state index in [2.05, 4.69) is 13.8 Å². The summed E-state index contributed by atoms with van der Waals surface area (Å²) in [6.07, 6.45) is 41.0. The predicted octanol–water partition coefficient (Wildman–Crippen LogP) is 9.64. The largest absolute Gasteiger partial charge is 1.00 e. The van der Waals surface area contributed by atoms with Gasteiger partial charge in [0.15, 0.2) is 0 Å². The number of imide groups is 1. The van der Waals surface area contributed by atoms with Crippen molar-refractivity contribution < 1.29 is 31.1 Å². The monoisotopic (exact) mass is 658 g/mol. The Kier molecular flexibility index (Phi) is 35.2. The van der Waals surface area contributed by atoms with Crippen molar-refractivity contribution in [3.8, 4) is 0 Å². The molecule has 0 heterocycles. The summed E-state index contributed by atoms with van der Waals surface area (Å²) in [7, 11) is 3.61. The second-order valence-electron chi connectivity index (χ2n) is 13.6. The number of rotatable bonds is 32. The molecule has 2 amide bonds. The van der Waals surface area contributed by atoms with E-state index >= 15 is 0 Å². The molecule has 0 atom stereocenters. The lowest BCUT2D eigenvalue weighted by atomic mass is 10.0. The van der Waals surface area contributed by atoms with Crippen LogP contribution in [0, 0.1) is 0 Å². The topological polar surface area (TPSA) is 34.1 Å². The number of quaternary nitrogens is 1. The fraction of sp³-hybridized carbons (Fsp3) is 0.947. The number of hydrogen-bond acceptors (Lipinski definition) is 2. The van der Waals surface area contributed by atoms with E-state index in [4.69, 9.17) is 0 Å². The van der Waals surface area contributed by atoms with Crippen molar-refractivity contribution in [2.45, 2.75) is 219 Å². The van der Waals surface area contributed by atoms with Gasteiger partial charge in [-0.25, -0.2) is 14.1 Å². The molecular weight excluding hydrogens is 582 g/mol. The minimum atomic E-state index is -0.0583. The molecule has 0 aliphatic rings. The Bertz CT molecular complexity index is 529.